The fourth-order valence-electron chi connectivity index (χ4n) is 2.31. The zero-order valence-electron chi connectivity index (χ0n) is 14.2. The highest BCUT2D eigenvalue weighted by Gasteiger charge is 2.13. The molecule has 1 unspecified atom stereocenters. The van der Waals surface area contributed by atoms with Gasteiger partial charge in [-0.2, -0.15) is 0 Å². The highest BCUT2D eigenvalue weighted by molar-refractivity contribution is 5.78. The second kappa shape index (κ2) is 8.82. The number of nitrogens with one attached hydrogen (secondary N) is 1. The number of hydrogen-bond donors (Lipinski definition) is 1. The summed E-state index contributed by atoms with van der Waals surface area (Å²) >= 11 is 0. The molecular weight excluding hydrogens is 306 g/mol. The minimum absolute atomic E-state index is 0.0288. The minimum atomic E-state index is -0.159. The Morgan fingerprint density at radius 1 is 0.917 bits per heavy atom. The monoisotopic (exact) mass is 329 g/mol. The van der Waals surface area contributed by atoms with Crippen LogP contribution >= 0.6 is 0 Å². The van der Waals surface area contributed by atoms with Crippen LogP contribution in [0, 0.1) is 0 Å². The molecule has 1 amide bonds. The highest BCUT2D eigenvalue weighted by atomic mass is 16.5. The summed E-state index contributed by atoms with van der Waals surface area (Å²) in [6.45, 7) is 2.00. The summed E-state index contributed by atoms with van der Waals surface area (Å²) in [6.07, 6.45) is 0.792. The second-order valence-corrected chi connectivity index (χ2v) is 5.27. The van der Waals surface area contributed by atoms with E-state index >= 15 is 0 Å². The molecule has 5 heteroatoms. The summed E-state index contributed by atoms with van der Waals surface area (Å²) in [7, 11) is 3.23. The van der Waals surface area contributed by atoms with E-state index in [4.69, 9.17) is 14.2 Å². The molecule has 0 aliphatic carbocycles. The van der Waals surface area contributed by atoms with E-state index in [9.17, 15) is 4.79 Å². The van der Waals surface area contributed by atoms with Gasteiger partial charge in [0.25, 0.3) is 5.91 Å². The van der Waals surface area contributed by atoms with Crippen molar-refractivity contribution >= 4 is 5.91 Å². The van der Waals surface area contributed by atoms with Crippen LogP contribution in [0.3, 0.4) is 0 Å². The van der Waals surface area contributed by atoms with Gasteiger partial charge < -0.3 is 19.5 Å². The lowest BCUT2D eigenvalue weighted by Crippen LogP contribution is -2.32. The summed E-state index contributed by atoms with van der Waals surface area (Å²) in [5, 5.41) is 2.98. The largest absolute Gasteiger partial charge is 0.497 e. The molecule has 0 saturated carbocycles. The van der Waals surface area contributed by atoms with Gasteiger partial charge in [0.05, 0.1) is 20.3 Å². The fraction of sp³-hybridized carbons (Fsp3) is 0.316. The molecule has 0 fully saturated rings. The first-order chi connectivity index (χ1) is 11.7. The van der Waals surface area contributed by atoms with Crippen molar-refractivity contribution in [1.29, 1.82) is 0 Å². The molecule has 128 valence electrons. The summed E-state index contributed by atoms with van der Waals surface area (Å²) in [5.74, 6) is 2.01. The lowest BCUT2D eigenvalue weighted by Gasteiger charge is -2.18. The first kappa shape index (κ1) is 17.7. The van der Waals surface area contributed by atoms with Gasteiger partial charge >= 0.3 is 0 Å². The summed E-state index contributed by atoms with van der Waals surface area (Å²) < 4.78 is 15.7. The molecule has 0 aliphatic heterocycles. The van der Waals surface area contributed by atoms with Crippen molar-refractivity contribution in [1.82, 2.24) is 5.32 Å². The molecule has 0 heterocycles. The fourth-order valence-corrected chi connectivity index (χ4v) is 2.31. The van der Waals surface area contributed by atoms with Gasteiger partial charge in [-0.1, -0.05) is 19.1 Å². The quantitative estimate of drug-likeness (QED) is 0.807. The number of rotatable bonds is 8. The van der Waals surface area contributed by atoms with Gasteiger partial charge in [-0.15, -0.1) is 0 Å². The van der Waals surface area contributed by atoms with Gasteiger partial charge in [-0.3, -0.25) is 4.79 Å². The van der Waals surface area contributed by atoms with E-state index in [1.54, 1.807) is 38.5 Å². The molecular formula is C19H23NO4. The molecule has 0 bridgehead atoms. The molecule has 0 aliphatic rings. The van der Waals surface area contributed by atoms with Gasteiger partial charge in [0.1, 0.15) is 17.2 Å². The summed E-state index contributed by atoms with van der Waals surface area (Å²) in [6, 6.07) is 14.8. The van der Waals surface area contributed by atoms with Crippen molar-refractivity contribution in [2.24, 2.45) is 0 Å². The van der Waals surface area contributed by atoms with Crippen molar-refractivity contribution in [3.8, 4) is 17.2 Å². The average Bonchev–Trinajstić information content (AvgIpc) is 2.65. The number of benzene rings is 2. The highest BCUT2D eigenvalue weighted by Crippen LogP contribution is 2.20. The van der Waals surface area contributed by atoms with Crippen LogP contribution in [0.4, 0.5) is 0 Å². The van der Waals surface area contributed by atoms with Crippen LogP contribution in [0.25, 0.3) is 0 Å². The number of amides is 1. The molecule has 1 atom stereocenters. The Kier molecular flexibility index (Phi) is 6.49. The molecule has 5 nitrogen and oxygen atoms in total. The van der Waals surface area contributed by atoms with Crippen molar-refractivity contribution in [3.63, 3.8) is 0 Å². The zero-order valence-corrected chi connectivity index (χ0v) is 14.2. The molecule has 2 aromatic rings. The maximum atomic E-state index is 12.1. The molecule has 1 N–H and O–H groups in total. The van der Waals surface area contributed by atoms with Gasteiger partial charge in [0.15, 0.2) is 6.61 Å². The maximum Gasteiger partial charge on any atom is 0.258 e. The predicted molar refractivity (Wildman–Crippen MR) is 92.7 cm³/mol. The van der Waals surface area contributed by atoms with Crippen LogP contribution in [0.1, 0.15) is 24.9 Å². The first-order valence-corrected chi connectivity index (χ1v) is 7.86. The van der Waals surface area contributed by atoms with Crippen LogP contribution in [0.5, 0.6) is 17.2 Å². The van der Waals surface area contributed by atoms with Crippen molar-refractivity contribution < 1.29 is 19.0 Å². The van der Waals surface area contributed by atoms with E-state index < -0.39 is 0 Å². The lowest BCUT2D eigenvalue weighted by molar-refractivity contribution is -0.123. The number of carbonyl (C=O) groups is 1. The topological polar surface area (TPSA) is 56.8 Å². The summed E-state index contributed by atoms with van der Waals surface area (Å²) in [4.78, 5) is 12.1. The zero-order chi connectivity index (χ0) is 17.4. The van der Waals surface area contributed by atoms with Crippen molar-refractivity contribution in [3.05, 3.63) is 54.1 Å². The van der Waals surface area contributed by atoms with Crippen LogP contribution in [-0.4, -0.2) is 26.7 Å². The number of carbonyl (C=O) groups excluding carboxylic acids is 1. The van der Waals surface area contributed by atoms with Crippen LogP contribution in [-0.2, 0) is 4.79 Å². The van der Waals surface area contributed by atoms with E-state index in [-0.39, 0.29) is 18.6 Å². The molecule has 0 radical (unpaired) electrons. The molecule has 24 heavy (non-hydrogen) atoms. The van der Waals surface area contributed by atoms with Crippen molar-refractivity contribution in [2.45, 2.75) is 19.4 Å². The first-order valence-electron chi connectivity index (χ1n) is 7.86. The normalized spacial score (nSPS) is 11.5. The molecule has 0 aromatic heterocycles. The third-order valence-corrected chi connectivity index (χ3v) is 3.69. The number of hydrogen-bond acceptors (Lipinski definition) is 4. The Labute approximate surface area is 142 Å². The lowest BCUT2D eigenvalue weighted by atomic mass is 10.0. The molecule has 2 aromatic carbocycles. The average molecular weight is 329 g/mol. The van der Waals surface area contributed by atoms with E-state index in [1.165, 1.54) is 0 Å². The summed E-state index contributed by atoms with van der Waals surface area (Å²) in [5.41, 5.74) is 1.04. The predicted octanol–water partition coefficient (Wildman–Crippen LogP) is 3.35. The van der Waals surface area contributed by atoms with Crippen LogP contribution in [0.15, 0.2) is 48.5 Å². The third kappa shape index (κ3) is 4.91. The van der Waals surface area contributed by atoms with E-state index in [2.05, 4.69) is 5.32 Å². The Morgan fingerprint density at radius 2 is 1.42 bits per heavy atom. The third-order valence-electron chi connectivity index (χ3n) is 3.69. The van der Waals surface area contributed by atoms with Crippen LogP contribution in [0.2, 0.25) is 0 Å². The van der Waals surface area contributed by atoms with Crippen LogP contribution < -0.4 is 19.5 Å². The van der Waals surface area contributed by atoms with Crippen molar-refractivity contribution in [2.75, 3.05) is 20.8 Å². The Morgan fingerprint density at radius 3 is 1.92 bits per heavy atom. The SMILES string of the molecule is CCC(NC(=O)COc1ccc(OC)cc1)c1ccc(OC)cc1. The van der Waals surface area contributed by atoms with Gasteiger partial charge in [-0.25, -0.2) is 0 Å². The molecule has 0 saturated heterocycles. The maximum absolute atomic E-state index is 12.1. The second-order valence-electron chi connectivity index (χ2n) is 5.27. The molecule has 2 rings (SSSR count). The van der Waals surface area contributed by atoms with E-state index in [0.29, 0.717) is 5.75 Å². The van der Waals surface area contributed by atoms with Gasteiger partial charge in [0.2, 0.25) is 0 Å². The minimum Gasteiger partial charge on any atom is -0.497 e. The van der Waals surface area contributed by atoms with Gasteiger partial charge in [-0.05, 0) is 48.4 Å². The number of methoxy groups -OCH3 is 2. The standard InChI is InChI=1S/C19H23NO4/c1-4-18(14-5-7-15(22-2)8-6-14)20-19(21)13-24-17-11-9-16(23-3)10-12-17/h5-12,18H,4,13H2,1-3H3,(H,20,21). The Hall–Kier alpha value is -2.69. The van der Waals surface area contributed by atoms with Gasteiger partial charge in [0, 0.05) is 0 Å². The Bertz CT molecular complexity index is 637. The molecule has 0 spiro atoms. The smallest absolute Gasteiger partial charge is 0.258 e. The Balaban J connectivity index is 1.88. The number of ether oxygens (including phenoxy) is 3. The van der Waals surface area contributed by atoms with E-state index in [1.807, 2.05) is 31.2 Å². The van der Waals surface area contributed by atoms with E-state index in [0.717, 1.165) is 23.5 Å².